The fourth-order valence-corrected chi connectivity index (χ4v) is 1.41. The van der Waals surface area contributed by atoms with Gasteiger partial charge in [0.15, 0.2) is 0 Å². The smallest absolute Gasteiger partial charge is 0.203 e. The van der Waals surface area contributed by atoms with E-state index in [0.29, 0.717) is 5.58 Å². The van der Waals surface area contributed by atoms with Crippen LogP contribution >= 0.6 is 0 Å². The number of rotatable bonds is 1. The topological polar surface area (TPSA) is 74.2 Å². The molecule has 0 unspecified atom stereocenters. The molecule has 2 rings (SSSR count). The molecule has 0 bridgehead atoms. The molecule has 1 aromatic carbocycles. The van der Waals surface area contributed by atoms with Crippen molar-refractivity contribution in [3.05, 3.63) is 46.3 Å². The van der Waals surface area contributed by atoms with Crippen molar-refractivity contribution in [2.45, 2.75) is 0 Å². The van der Waals surface area contributed by atoms with Gasteiger partial charge >= 0.3 is 0 Å². The SMILES string of the molecule is N#C/C=C\c1coc2cccc(O)c2c1=O. The van der Waals surface area contributed by atoms with Gasteiger partial charge in [0.25, 0.3) is 0 Å². The number of fused-ring (bicyclic) bond motifs is 1. The number of hydrogen-bond acceptors (Lipinski definition) is 4. The second-order valence-corrected chi connectivity index (χ2v) is 3.13. The summed E-state index contributed by atoms with van der Waals surface area (Å²) in [6, 6.07) is 6.38. The van der Waals surface area contributed by atoms with Crippen molar-refractivity contribution in [2.24, 2.45) is 0 Å². The third-order valence-electron chi connectivity index (χ3n) is 2.14. The summed E-state index contributed by atoms with van der Waals surface area (Å²) >= 11 is 0. The van der Waals surface area contributed by atoms with Crippen molar-refractivity contribution in [1.29, 1.82) is 5.26 Å². The van der Waals surface area contributed by atoms with E-state index in [0.717, 1.165) is 0 Å². The molecule has 2 aromatic rings. The van der Waals surface area contributed by atoms with Crippen molar-refractivity contribution in [1.82, 2.24) is 0 Å². The van der Waals surface area contributed by atoms with E-state index >= 15 is 0 Å². The summed E-state index contributed by atoms with van der Waals surface area (Å²) in [6.45, 7) is 0. The number of phenols is 1. The van der Waals surface area contributed by atoms with Gasteiger partial charge in [0.2, 0.25) is 5.43 Å². The molecule has 0 aliphatic carbocycles. The van der Waals surface area contributed by atoms with Crippen LogP contribution in [0, 0.1) is 11.3 Å². The Morgan fingerprint density at radius 2 is 2.25 bits per heavy atom. The Hall–Kier alpha value is -2.54. The van der Waals surface area contributed by atoms with Crippen LogP contribution in [0.3, 0.4) is 0 Å². The van der Waals surface area contributed by atoms with E-state index < -0.39 is 0 Å². The van der Waals surface area contributed by atoms with Gasteiger partial charge < -0.3 is 9.52 Å². The Bertz CT molecular complexity index is 662. The summed E-state index contributed by atoms with van der Waals surface area (Å²) in [5.41, 5.74) is 0.195. The van der Waals surface area contributed by atoms with Gasteiger partial charge in [0.05, 0.1) is 11.6 Å². The van der Waals surface area contributed by atoms with Gasteiger partial charge in [0, 0.05) is 6.08 Å². The Morgan fingerprint density at radius 3 is 3.00 bits per heavy atom. The van der Waals surface area contributed by atoms with Gasteiger partial charge in [-0.1, -0.05) is 6.07 Å². The standard InChI is InChI=1S/C12H7NO3/c13-6-2-3-8-7-16-10-5-1-4-9(14)11(10)12(8)15/h1-5,7,14H/b3-2-. The molecule has 78 valence electrons. The van der Waals surface area contributed by atoms with Crippen molar-refractivity contribution >= 4 is 17.0 Å². The van der Waals surface area contributed by atoms with Gasteiger partial charge in [-0.15, -0.1) is 0 Å². The quantitative estimate of drug-likeness (QED) is 0.735. The van der Waals surface area contributed by atoms with Crippen molar-refractivity contribution in [2.75, 3.05) is 0 Å². The van der Waals surface area contributed by atoms with Crippen LogP contribution in [-0.2, 0) is 0 Å². The highest BCUT2D eigenvalue weighted by atomic mass is 16.3. The lowest BCUT2D eigenvalue weighted by Crippen LogP contribution is -2.04. The number of nitriles is 1. The zero-order chi connectivity index (χ0) is 11.5. The Labute approximate surface area is 90.7 Å². The molecule has 0 saturated carbocycles. The first-order chi connectivity index (χ1) is 7.74. The van der Waals surface area contributed by atoms with Crippen molar-refractivity contribution < 1.29 is 9.52 Å². The normalized spacial score (nSPS) is 10.7. The molecule has 0 aliphatic rings. The molecule has 0 spiro atoms. The van der Waals surface area contributed by atoms with Crippen LogP contribution in [0.5, 0.6) is 5.75 Å². The second-order valence-electron chi connectivity index (χ2n) is 3.13. The number of phenolic OH excluding ortho intramolecular Hbond substituents is 1. The first-order valence-corrected chi connectivity index (χ1v) is 4.53. The minimum atomic E-state index is -0.356. The van der Waals surface area contributed by atoms with Gasteiger partial charge in [-0.25, -0.2) is 0 Å². The lowest BCUT2D eigenvalue weighted by molar-refractivity contribution is 0.479. The molecule has 1 heterocycles. The molecule has 16 heavy (non-hydrogen) atoms. The third-order valence-corrected chi connectivity index (χ3v) is 2.14. The van der Waals surface area contributed by atoms with Gasteiger partial charge in [0.1, 0.15) is 23.0 Å². The van der Waals surface area contributed by atoms with Crippen LogP contribution in [0.15, 0.2) is 39.7 Å². The second kappa shape index (κ2) is 3.91. The summed E-state index contributed by atoms with van der Waals surface area (Å²) in [5, 5.41) is 18.0. The summed E-state index contributed by atoms with van der Waals surface area (Å²) in [4.78, 5) is 11.9. The maximum atomic E-state index is 11.9. The lowest BCUT2D eigenvalue weighted by atomic mass is 10.1. The summed E-state index contributed by atoms with van der Waals surface area (Å²) in [6.07, 6.45) is 3.79. The maximum Gasteiger partial charge on any atom is 0.203 e. The molecular weight excluding hydrogens is 206 g/mol. The Balaban J connectivity index is 2.80. The predicted octanol–water partition coefficient (Wildman–Crippen LogP) is 2.04. The van der Waals surface area contributed by atoms with E-state index in [2.05, 4.69) is 0 Å². The predicted molar refractivity (Wildman–Crippen MR) is 58.8 cm³/mol. The van der Waals surface area contributed by atoms with Crippen LogP contribution in [0.2, 0.25) is 0 Å². The van der Waals surface area contributed by atoms with Gasteiger partial charge in [-0.3, -0.25) is 4.79 Å². The first kappa shape index (κ1) is 9.99. The van der Waals surface area contributed by atoms with Gasteiger partial charge in [-0.05, 0) is 18.2 Å². The average Bonchev–Trinajstić information content (AvgIpc) is 2.28. The number of aromatic hydroxyl groups is 1. The zero-order valence-electron chi connectivity index (χ0n) is 8.18. The summed E-state index contributed by atoms with van der Waals surface area (Å²) < 4.78 is 5.18. The molecule has 0 amide bonds. The maximum absolute atomic E-state index is 11.9. The number of allylic oxidation sites excluding steroid dienone is 1. The minimum Gasteiger partial charge on any atom is -0.507 e. The Morgan fingerprint density at radius 1 is 1.44 bits per heavy atom. The zero-order valence-corrected chi connectivity index (χ0v) is 8.18. The number of hydrogen-bond donors (Lipinski definition) is 1. The Kier molecular flexibility index (Phi) is 2.44. The molecule has 1 aromatic heterocycles. The summed E-state index contributed by atoms with van der Waals surface area (Å²) in [5.74, 6) is -0.126. The first-order valence-electron chi connectivity index (χ1n) is 4.53. The van der Waals surface area contributed by atoms with E-state index in [1.54, 1.807) is 18.2 Å². The van der Waals surface area contributed by atoms with E-state index in [1.165, 1.54) is 24.5 Å². The summed E-state index contributed by atoms with van der Waals surface area (Å²) in [7, 11) is 0. The van der Waals surface area contributed by atoms with E-state index in [1.807, 2.05) is 0 Å². The van der Waals surface area contributed by atoms with Crippen molar-refractivity contribution in [3.8, 4) is 11.8 Å². The van der Waals surface area contributed by atoms with Crippen LogP contribution < -0.4 is 5.43 Å². The number of benzene rings is 1. The molecule has 0 radical (unpaired) electrons. The fraction of sp³-hybridized carbons (Fsp3) is 0. The van der Waals surface area contributed by atoms with E-state index in [-0.39, 0.29) is 22.1 Å². The van der Waals surface area contributed by atoms with E-state index in [4.69, 9.17) is 9.68 Å². The molecule has 0 aliphatic heterocycles. The van der Waals surface area contributed by atoms with Crippen LogP contribution in [0.4, 0.5) is 0 Å². The van der Waals surface area contributed by atoms with Crippen LogP contribution in [0.25, 0.3) is 17.0 Å². The van der Waals surface area contributed by atoms with Crippen LogP contribution in [-0.4, -0.2) is 5.11 Å². The highest BCUT2D eigenvalue weighted by molar-refractivity contribution is 5.84. The minimum absolute atomic E-state index is 0.126. The number of nitrogens with zero attached hydrogens (tertiary/aromatic N) is 1. The monoisotopic (exact) mass is 213 g/mol. The lowest BCUT2D eigenvalue weighted by Gasteiger charge is -1.99. The molecule has 0 saturated heterocycles. The van der Waals surface area contributed by atoms with Gasteiger partial charge in [-0.2, -0.15) is 5.26 Å². The van der Waals surface area contributed by atoms with E-state index in [9.17, 15) is 9.90 Å². The third kappa shape index (κ3) is 1.55. The molecule has 4 heteroatoms. The van der Waals surface area contributed by atoms with Crippen molar-refractivity contribution in [3.63, 3.8) is 0 Å². The highest BCUT2D eigenvalue weighted by Crippen LogP contribution is 2.21. The average molecular weight is 213 g/mol. The highest BCUT2D eigenvalue weighted by Gasteiger charge is 2.08. The molecule has 0 fully saturated rings. The largest absolute Gasteiger partial charge is 0.507 e. The molecule has 4 nitrogen and oxygen atoms in total. The molecular formula is C12H7NO3. The van der Waals surface area contributed by atoms with Crippen LogP contribution in [0.1, 0.15) is 5.56 Å². The molecule has 0 atom stereocenters. The molecule has 1 N–H and O–H groups in total. The fourth-order valence-electron chi connectivity index (χ4n) is 1.41.